The van der Waals surface area contributed by atoms with Gasteiger partial charge in [-0.2, -0.15) is 5.21 Å². The summed E-state index contributed by atoms with van der Waals surface area (Å²) < 4.78 is 0. The zero-order chi connectivity index (χ0) is 11.2. The van der Waals surface area contributed by atoms with Crippen LogP contribution in [0.5, 0.6) is 0 Å². The third kappa shape index (κ3) is 3.15. The topological polar surface area (TPSA) is 83.6 Å². The maximum absolute atomic E-state index is 11.6. The highest BCUT2D eigenvalue weighted by molar-refractivity contribution is 5.78. The molecule has 2 rings (SSSR count). The average molecular weight is 221 g/mol. The third-order valence-corrected chi connectivity index (χ3v) is 2.61. The Balaban J connectivity index is 1.74. The molecule has 0 fully saturated rings. The molecular formula is C10H15N5O. The third-order valence-electron chi connectivity index (χ3n) is 2.61. The minimum atomic E-state index is 0.0259. The van der Waals surface area contributed by atoms with Gasteiger partial charge in [-0.05, 0) is 25.7 Å². The van der Waals surface area contributed by atoms with Crippen molar-refractivity contribution in [2.75, 3.05) is 0 Å². The molecule has 0 radical (unpaired) electrons. The quantitative estimate of drug-likeness (QED) is 0.733. The zero-order valence-electron chi connectivity index (χ0n) is 9.07. The molecule has 1 heterocycles. The number of aromatic amines is 1. The van der Waals surface area contributed by atoms with Gasteiger partial charge in [-0.3, -0.25) is 4.79 Å². The second kappa shape index (κ2) is 5.39. The Kier molecular flexibility index (Phi) is 3.63. The molecule has 0 unspecified atom stereocenters. The number of aromatic nitrogens is 4. The molecule has 0 bridgehead atoms. The van der Waals surface area contributed by atoms with Crippen molar-refractivity contribution in [3.63, 3.8) is 0 Å². The van der Waals surface area contributed by atoms with Crippen LogP contribution in [-0.4, -0.2) is 26.5 Å². The Hall–Kier alpha value is -1.72. The van der Waals surface area contributed by atoms with Crippen molar-refractivity contribution < 1.29 is 4.79 Å². The molecule has 1 aromatic heterocycles. The van der Waals surface area contributed by atoms with E-state index in [2.05, 4.69) is 32.0 Å². The first kappa shape index (κ1) is 10.8. The van der Waals surface area contributed by atoms with Gasteiger partial charge in [-0.1, -0.05) is 16.9 Å². The van der Waals surface area contributed by atoms with E-state index in [-0.39, 0.29) is 5.91 Å². The summed E-state index contributed by atoms with van der Waals surface area (Å²) in [6.45, 7) is 0.336. The lowest BCUT2D eigenvalue weighted by atomic mass is 9.97. The van der Waals surface area contributed by atoms with Crippen LogP contribution in [0.15, 0.2) is 11.6 Å². The van der Waals surface area contributed by atoms with Crippen LogP contribution < -0.4 is 5.32 Å². The molecule has 1 amide bonds. The normalized spacial score (nSPS) is 15.6. The minimum absolute atomic E-state index is 0.0259. The van der Waals surface area contributed by atoms with Gasteiger partial charge in [-0.15, -0.1) is 10.2 Å². The largest absolute Gasteiger partial charge is 0.348 e. The van der Waals surface area contributed by atoms with Gasteiger partial charge < -0.3 is 5.32 Å². The molecule has 1 aromatic rings. The highest BCUT2D eigenvalue weighted by Gasteiger charge is 2.09. The summed E-state index contributed by atoms with van der Waals surface area (Å²) in [4.78, 5) is 11.6. The summed E-state index contributed by atoms with van der Waals surface area (Å²) >= 11 is 0. The molecule has 1 aliphatic carbocycles. The first-order chi connectivity index (χ1) is 7.84. The molecule has 0 aliphatic heterocycles. The Labute approximate surface area is 93.5 Å². The van der Waals surface area contributed by atoms with Crippen molar-refractivity contribution in [3.8, 4) is 0 Å². The molecule has 0 saturated carbocycles. The lowest BCUT2D eigenvalue weighted by Crippen LogP contribution is -2.23. The van der Waals surface area contributed by atoms with Gasteiger partial charge >= 0.3 is 0 Å². The number of H-pyrrole nitrogens is 1. The van der Waals surface area contributed by atoms with Crippen molar-refractivity contribution in [3.05, 3.63) is 17.5 Å². The number of hydrogen-bond donors (Lipinski definition) is 2. The lowest BCUT2D eigenvalue weighted by Gasteiger charge is -2.11. The number of amides is 1. The maximum atomic E-state index is 11.6. The average Bonchev–Trinajstić information content (AvgIpc) is 2.81. The highest BCUT2D eigenvalue weighted by atomic mass is 16.1. The fourth-order valence-corrected chi connectivity index (χ4v) is 1.77. The van der Waals surface area contributed by atoms with E-state index in [1.807, 2.05) is 0 Å². The fourth-order valence-electron chi connectivity index (χ4n) is 1.77. The Morgan fingerprint density at radius 2 is 2.44 bits per heavy atom. The van der Waals surface area contributed by atoms with Gasteiger partial charge in [0.25, 0.3) is 0 Å². The van der Waals surface area contributed by atoms with Crippen LogP contribution in [-0.2, 0) is 11.3 Å². The zero-order valence-corrected chi connectivity index (χ0v) is 9.07. The molecule has 1 aliphatic rings. The number of nitrogens with zero attached hydrogens (tertiary/aromatic N) is 3. The molecule has 0 spiro atoms. The number of carbonyl (C=O) groups is 1. The van der Waals surface area contributed by atoms with E-state index in [1.165, 1.54) is 18.4 Å². The van der Waals surface area contributed by atoms with Gasteiger partial charge in [0.2, 0.25) is 5.91 Å². The van der Waals surface area contributed by atoms with Crippen molar-refractivity contribution in [2.45, 2.75) is 38.6 Å². The highest BCUT2D eigenvalue weighted by Crippen LogP contribution is 2.19. The van der Waals surface area contributed by atoms with Gasteiger partial charge in [0.15, 0.2) is 5.82 Å². The van der Waals surface area contributed by atoms with E-state index in [4.69, 9.17) is 0 Å². The van der Waals surface area contributed by atoms with Gasteiger partial charge in [0, 0.05) is 6.42 Å². The van der Waals surface area contributed by atoms with Crippen molar-refractivity contribution in [1.82, 2.24) is 25.9 Å². The standard InChI is InChI=1S/C10H15N5O/c16-10(6-8-4-2-1-3-5-8)11-7-9-12-14-15-13-9/h4H,1-3,5-7H2,(H,11,16)(H,12,13,14,15). The van der Waals surface area contributed by atoms with Crippen LogP contribution in [0.1, 0.15) is 37.9 Å². The van der Waals surface area contributed by atoms with E-state index in [9.17, 15) is 4.79 Å². The predicted octanol–water partition coefficient (Wildman–Crippen LogP) is 0.706. The second-order valence-corrected chi connectivity index (χ2v) is 3.89. The molecule has 6 heteroatoms. The van der Waals surface area contributed by atoms with Crippen LogP contribution >= 0.6 is 0 Å². The number of hydrogen-bond acceptors (Lipinski definition) is 4. The monoisotopic (exact) mass is 221 g/mol. The number of nitrogens with one attached hydrogen (secondary N) is 2. The van der Waals surface area contributed by atoms with E-state index < -0.39 is 0 Å². The van der Waals surface area contributed by atoms with Gasteiger partial charge in [0.1, 0.15) is 0 Å². The van der Waals surface area contributed by atoms with Gasteiger partial charge in [-0.25, -0.2) is 0 Å². The second-order valence-electron chi connectivity index (χ2n) is 3.89. The minimum Gasteiger partial charge on any atom is -0.348 e. The fraction of sp³-hybridized carbons (Fsp3) is 0.600. The van der Waals surface area contributed by atoms with E-state index in [1.54, 1.807) is 0 Å². The lowest BCUT2D eigenvalue weighted by molar-refractivity contribution is -0.120. The molecule has 86 valence electrons. The maximum Gasteiger partial charge on any atom is 0.224 e. The number of rotatable bonds is 4. The Bertz CT molecular complexity index is 371. The predicted molar refractivity (Wildman–Crippen MR) is 57.2 cm³/mol. The van der Waals surface area contributed by atoms with Crippen LogP contribution in [0.4, 0.5) is 0 Å². The van der Waals surface area contributed by atoms with Crippen molar-refractivity contribution in [2.24, 2.45) is 0 Å². The SMILES string of the molecule is O=C(CC1=CCCCC1)NCc1nn[nH]n1. The van der Waals surface area contributed by atoms with Crippen LogP contribution in [0.3, 0.4) is 0 Å². The number of tetrazole rings is 1. The molecule has 0 saturated heterocycles. The van der Waals surface area contributed by atoms with Crippen molar-refractivity contribution >= 4 is 5.91 Å². The first-order valence-corrected chi connectivity index (χ1v) is 5.51. The van der Waals surface area contributed by atoms with E-state index in [0.717, 1.165) is 12.8 Å². The summed E-state index contributed by atoms with van der Waals surface area (Å²) in [5.41, 5.74) is 1.25. The van der Waals surface area contributed by atoms with Crippen LogP contribution in [0, 0.1) is 0 Å². The van der Waals surface area contributed by atoms with Crippen LogP contribution in [0.25, 0.3) is 0 Å². The van der Waals surface area contributed by atoms with Crippen molar-refractivity contribution in [1.29, 1.82) is 0 Å². The molecule has 16 heavy (non-hydrogen) atoms. The molecular weight excluding hydrogens is 206 g/mol. The number of allylic oxidation sites excluding steroid dienone is 1. The van der Waals surface area contributed by atoms with Crippen LogP contribution in [0.2, 0.25) is 0 Å². The van der Waals surface area contributed by atoms with Gasteiger partial charge in [0.05, 0.1) is 6.54 Å². The first-order valence-electron chi connectivity index (χ1n) is 5.51. The summed E-state index contributed by atoms with van der Waals surface area (Å²) in [5.74, 6) is 0.531. The molecule has 2 N–H and O–H groups in total. The summed E-state index contributed by atoms with van der Waals surface area (Å²) in [6, 6.07) is 0. The molecule has 0 atom stereocenters. The summed E-state index contributed by atoms with van der Waals surface area (Å²) in [5, 5.41) is 16.0. The smallest absolute Gasteiger partial charge is 0.224 e. The molecule has 6 nitrogen and oxygen atoms in total. The summed E-state index contributed by atoms with van der Waals surface area (Å²) in [6.07, 6.45) is 7.27. The Morgan fingerprint density at radius 3 is 3.12 bits per heavy atom. The van der Waals surface area contributed by atoms with E-state index in [0.29, 0.717) is 18.8 Å². The van der Waals surface area contributed by atoms with E-state index >= 15 is 0 Å². The Morgan fingerprint density at radius 1 is 1.50 bits per heavy atom. The molecule has 0 aromatic carbocycles. The number of carbonyl (C=O) groups excluding carboxylic acids is 1. The summed E-state index contributed by atoms with van der Waals surface area (Å²) in [7, 11) is 0.